The number of nitrogens with zero attached hydrogens (tertiary/aromatic N) is 3. The van der Waals surface area contributed by atoms with Crippen molar-refractivity contribution in [2.24, 2.45) is 0 Å². The standard InChI is InChI=1S/C15H22N4O3/c1-11(21)19-7-2-3-14(19)13-10-17-12(9-18-13)4-5-15(22)16-6-8-20/h9-10,14,20H,2-8H2,1H3,(H,16,22)/t14-/m0/s1. The van der Waals surface area contributed by atoms with E-state index < -0.39 is 0 Å². The summed E-state index contributed by atoms with van der Waals surface area (Å²) < 4.78 is 0. The number of aryl methyl sites for hydroxylation is 1. The van der Waals surface area contributed by atoms with Gasteiger partial charge in [0.15, 0.2) is 0 Å². The highest BCUT2D eigenvalue weighted by Crippen LogP contribution is 2.30. The summed E-state index contributed by atoms with van der Waals surface area (Å²) in [5, 5.41) is 11.2. The van der Waals surface area contributed by atoms with E-state index >= 15 is 0 Å². The van der Waals surface area contributed by atoms with Crippen molar-refractivity contribution in [1.29, 1.82) is 0 Å². The van der Waals surface area contributed by atoms with E-state index in [1.165, 1.54) is 0 Å². The summed E-state index contributed by atoms with van der Waals surface area (Å²) in [5.74, 6) is -0.0487. The molecule has 1 aromatic heterocycles. The van der Waals surface area contributed by atoms with Gasteiger partial charge in [0.05, 0.1) is 30.2 Å². The molecule has 0 radical (unpaired) electrons. The zero-order valence-corrected chi connectivity index (χ0v) is 12.8. The maximum absolute atomic E-state index is 11.6. The number of aliphatic hydroxyl groups is 1. The van der Waals surface area contributed by atoms with Crippen LogP contribution in [-0.2, 0) is 16.0 Å². The summed E-state index contributed by atoms with van der Waals surface area (Å²) in [6.45, 7) is 2.56. The molecule has 0 aliphatic carbocycles. The van der Waals surface area contributed by atoms with Crippen LogP contribution < -0.4 is 5.32 Å². The summed E-state index contributed by atoms with van der Waals surface area (Å²) >= 11 is 0. The molecule has 120 valence electrons. The smallest absolute Gasteiger partial charge is 0.220 e. The summed E-state index contributed by atoms with van der Waals surface area (Å²) in [7, 11) is 0. The molecule has 1 atom stereocenters. The molecular weight excluding hydrogens is 284 g/mol. The molecule has 1 aromatic rings. The van der Waals surface area contributed by atoms with E-state index in [-0.39, 0.29) is 31.0 Å². The van der Waals surface area contributed by atoms with E-state index in [1.54, 1.807) is 19.3 Å². The summed E-state index contributed by atoms with van der Waals surface area (Å²) in [6, 6.07) is 0.0203. The number of hydrogen-bond acceptors (Lipinski definition) is 5. The Morgan fingerprint density at radius 2 is 2.23 bits per heavy atom. The van der Waals surface area contributed by atoms with Gasteiger partial charge in [-0.15, -0.1) is 0 Å². The van der Waals surface area contributed by atoms with Gasteiger partial charge in [0.2, 0.25) is 11.8 Å². The van der Waals surface area contributed by atoms with Gasteiger partial charge in [-0.05, 0) is 19.3 Å². The fourth-order valence-corrected chi connectivity index (χ4v) is 2.64. The Bertz CT molecular complexity index is 518. The predicted octanol–water partition coefficient (Wildman–Crippen LogP) is 0.201. The third kappa shape index (κ3) is 4.24. The van der Waals surface area contributed by atoms with Crippen molar-refractivity contribution in [1.82, 2.24) is 20.2 Å². The minimum Gasteiger partial charge on any atom is -0.395 e. The second-order valence-electron chi connectivity index (χ2n) is 5.38. The number of rotatable bonds is 6. The molecule has 7 nitrogen and oxygen atoms in total. The van der Waals surface area contributed by atoms with Crippen molar-refractivity contribution in [2.45, 2.75) is 38.6 Å². The molecule has 2 amide bonds. The second kappa shape index (κ2) is 7.84. The number of nitrogens with one attached hydrogen (secondary N) is 1. The van der Waals surface area contributed by atoms with Crippen LogP contribution in [0.4, 0.5) is 0 Å². The van der Waals surface area contributed by atoms with Gasteiger partial charge in [0, 0.05) is 32.6 Å². The number of aliphatic hydroxyl groups excluding tert-OH is 1. The van der Waals surface area contributed by atoms with Gasteiger partial charge in [-0.1, -0.05) is 0 Å². The molecule has 0 saturated carbocycles. The molecule has 0 bridgehead atoms. The number of carbonyl (C=O) groups excluding carboxylic acids is 2. The molecule has 1 saturated heterocycles. The van der Waals surface area contributed by atoms with Gasteiger partial charge >= 0.3 is 0 Å². The predicted molar refractivity (Wildman–Crippen MR) is 79.8 cm³/mol. The fourth-order valence-electron chi connectivity index (χ4n) is 2.64. The van der Waals surface area contributed by atoms with Crippen LogP contribution in [0.25, 0.3) is 0 Å². The molecule has 2 N–H and O–H groups in total. The van der Waals surface area contributed by atoms with Gasteiger partial charge in [-0.3, -0.25) is 19.6 Å². The van der Waals surface area contributed by atoms with Crippen LogP contribution in [0.2, 0.25) is 0 Å². The number of likely N-dealkylation sites (tertiary alicyclic amines) is 1. The van der Waals surface area contributed by atoms with Crippen LogP contribution in [0.5, 0.6) is 0 Å². The quantitative estimate of drug-likeness (QED) is 0.783. The lowest BCUT2D eigenvalue weighted by atomic mass is 10.1. The average molecular weight is 306 g/mol. The summed E-state index contributed by atoms with van der Waals surface area (Å²) in [5.41, 5.74) is 1.55. The van der Waals surface area contributed by atoms with Crippen molar-refractivity contribution >= 4 is 11.8 Å². The molecular formula is C15H22N4O3. The molecule has 0 spiro atoms. The van der Waals surface area contributed by atoms with Gasteiger partial charge in [-0.2, -0.15) is 0 Å². The largest absolute Gasteiger partial charge is 0.395 e. The molecule has 2 rings (SSSR count). The molecule has 1 fully saturated rings. The topological polar surface area (TPSA) is 95.4 Å². The van der Waals surface area contributed by atoms with E-state index in [1.807, 2.05) is 4.90 Å². The first-order valence-corrected chi connectivity index (χ1v) is 7.57. The van der Waals surface area contributed by atoms with E-state index in [2.05, 4.69) is 15.3 Å². The van der Waals surface area contributed by atoms with E-state index in [9.17, 15) is 9.59 Å². The first-order valence-electron chi connectivity index (χ1n) is 7.57. The van der Waals surface area contributed by atoms with Crippen LogP contribution in [0.15, 0.2) is 12.4 Å². The number of carbonyl (C=O) groups is 2. The Morgan fingerprint density at radius 3 is 2.86 bits per heavy atom. The van der Waals surface area contributed by atoms with E-state index in [0.717, 1.165) is 30.8 Å². The van der Waals surface area contributed by atoms with Crippen LogP contribution in [0.3, 0.4) is 0 Å². The number of aromatic nitrogens is 2. The Labute approximate surface area is 129 Å². The van der Waals surface area contributed by atoms with Crippen molar-refractivity contribution in [2.75, 3.05) is 19.7 Å². The van der Waals surface area contributed by atoms with Gasteiger partial charge < -0.3 is 15.3 Å². The van der Waals surface area contributed by atoms with Crippen LogP contribution in [-0.4, -0.2) is 51.5 Å². The maximum Gasteiger partial charge on any atom is 0.220 e. The molecule has 2 heterocycles. The molecule has 7 heteroatoms. The zero-order valence-electron chi connectivity index (χ0n) is 12.8. The molecule has 1 aliphatic rings. The first kappa shape index (κ1) is 16.4. The minimum absolute atomic E-state index is 0.0203. The van der Waals surface area contributed by atoms with Gasteiger partial charge in [-0.25, -0.2) is 0 Å². The Balaban J connectivity index is 1.90. The molecule has 1 aliphatic heterocycles. The van der Waals surface area contributed by atoms with Gasteiger partial charge in [0.25, 0.3) is 0 Å². The second-order valence-corrected chi connectivity index (χ2v) is 5.38. The highest BCUT2D eigenvalue weighted by Gasteiger charge is 2.28. The zero-order chi connectivity index (χ0) is 15.9. The maximum atomic E-state index is 11.6. The lowest BCUT2D eigenvalue weighted by molar-refractivity contribution is -0.129. The van der Waals surface area contributed by atoms with Crippen molar-refractivity contribution < 1.29 is 14.7 Å². The molecule has 22 heavy (non-hydrogen) atoms. The number of hydrogen-bond donors (Lipinski definition) is 2. The Morgan fingerprint density at radius 1 is 1.41 bits per heavy atom. The highest BCUT2D eigenvalue weighted by molar-refractivity contribution is 5.76. The first-order chi connectivity index (χ1) is 10.6. The van der Waals surface area contributed by atoms with Crippen molar-refractivity contribution in [3.63, 3.8) is 0 Å². The van der Waals surface area contributed by atoms with Crippen LogP contribution in [0, 0.1) is 0 Å². The molecule has 0 unspecified atom stereocenters. The third-order valence-electron chi connectivity index (χ3n) is 3.77. The lowest BCUT2D eigenvalue weighted by Crippen LogP contribution is -2.28. The van der Waals surface area contributed by atoms with E-state index in [4.69, 9.17) is 5.11 Å². The van der Waals surface area contributed by atoms with Gasteiger partial charge in [0.1, 0.15) is 0 Å². The van der Waals surface area contributed by atoms with Crippen LogP contribution in [0.1, 0.15) is 43.6 Å². The number of amides is 2. The summed E-state index contributed by atoms with van der Waals surface area (Å²) in [4.78, 5) is 33.6. The van der Waals surface area contributed by atoms with Crippen molar-refractivity contribution in [3.05, 3.63) is 23.8 Å². The fraction of sp³-hybridized carbons (Fsp3) is 0.600. The SMILES string of the molecule is CC(=O)N1CCC[C@H]1c1cnc(CCC(=O)NCCO)cn1. The average Bonchev–Trinajstić information content (AvgIpc) is 3.01. The van der Waals surface area contributed by atoms with Crippen LogP contribution >= 0.6 is 0 Å². The van der Waals surface area contributed by atoms with Crippen molar-refractivity contribution in [3.8, 4) is 0 Å². The Kier molecular flexibility index (Phi) is 5.83. The lowest BCUT2D eigenvalue weighted by Gasteiger charge is -2.22. The van der Waals surface area contributed by atoms with E-state index in [0.29, 0.717) is 12.8 Å². The Hall–Kier alpha value is -2.02. The minimum atomic E-state index is -0.113. The monoisotopic (exact) mass is 306 g/mol. The third-order valence-corrected chi connectivity index (χ3v) is 3.77. The molecule has 0 aromatic carbocycles. The summed E-state index contributed by atoms with van der Waals surface area (Å²) in [6.07, 6.45) is 6.09. The normalized spacial score (nSPS) is 17.5. The highest BCUT2D eigenvalue weighted by atomic mass is 16.3.